The monoisotopic (exact) mass is 223 g/mol. The van der Waals surface area contributed by atoms with Crippen molar-refractivity contribution in [3.63, 3.8) is 0 Å². The highest BCUT2D eigenvalue weighted by Gasteiger charge is 2.21. The van der Waals surface area contributed by atoms with Crippen LogP contribution in [0.2, 0.25) is 0 Å². The summed E-state index contributed by atoms with van der Waals surface area (Å²) < 4.78 is 0.337. The minimum Gasteiger partial charge on any atom is -0.550 e. The Balaban J connectivity index is 0.000000487. The quantitative estimate of drug-likeness (QED) is 0.643. The molecule has 0 spiro atoms. The number of carboxylic acid groups (broad SMARTS) is 1. The first-order valence-corrected chi connectivity index (χ1v) is 4.84. The fourth-order valence-electron chi connectivity index (χ4n) is 0.968. The van der Waals surface area contributed by atoms with Crippen LogP contribution in [0.15, 0.2) is 30.3 Å². The van der Waals surface area contributed by atoms with E-state index in [-0.39, 0.29) is 5.91 Å². The molecule has 0 bridgehead atoms. The Hall–Kier alpha value is -1.68. The molecule has 0 aliphatic rings. The molecule has 16 heavy (non-hydrogen) atoms. The largest absolute Gasteiger partial charge is 0.550 e. The summed E-state index contributed by atoms with van der Waals surface area (Å²) in [7, 11) is 5.61. The molecule has 0 fully saturated rings. The van der Waals surface area contributed by atoms with Gasteiger partial charge in [-0.3, -0.25) is 4.48 Å². The Morgan fingerprint density at radius 1 is 1.06 bits per heavy atom. The number of rotatable bonds is 1. The van der Waals surface area contributed by atoms with E-state index in [1.54, 1.807) is 0 Å². The molecule has 0 N–H and O–H groups in total. The summed E-state index contributed by atoms with van der Waals surface area (Å²) in [5.74, 6) is -0.949. The van der Waals surface area contributed by atoms with Gasteiger partial charge in [0.2, 0.25) is 0 Å². The van der Waals surface area contributed by atoms with Gasteiger partial charge >= 0.3 is 5.91 Å². The predicted octanol–water partition coefficient (Wildman–Crippen LogP) is 0.289. The number of quaternary nitrogens is 1. The number of nitrogens with zero attached hydrogens (tertiary/aromatic N) is 1. The lowest BCUT2D eigenvalue weighted by atomic mass is 10.2. The molecular weight excluding hydrogens is 206 g/mol. The summed E-state index contributed by atoms with van der Waals surface area (Å²) in [6.07, 6.45) is 0. The lowest BCUT2D eigenvalue weighted by Crippen LogP contribution is -2.41. The van der Waals surface area contributed by atoms with Gasteiger partial charge in [-0.2, -0.15) is 0 Å². The normalized spacial score (nSPS) is 10.0. The van der Waals surface area contributed by atoms with Crippen LogP contribution in [0.5, 0.6) is 0 Å². The average Bonchev–Trinajstić information content (AvgIpc) is 2.16. The molecule has 0 heterocycles. The van der Waals surface area contributed by atoms with Crippen LogP contribution in [0.3, 0.4) is 0 Å². The number of carbonyl (C=O) groups is 2. The standard InChI is InChI=1S/C10H14NO.C2H4O2/c1-11(2,3)10(12)9-7-5-4-6-8-9;1-2(3)4/h4-8H,1-3H3;1H3,(H,3,4)/q+1;/p-1. The summed E-state index contributed by atoms with van der Waals surface area (Å²) >= 11 is 0. The van der Waals surface area contributed by atoms with Crippen LogP contribution in [0.25, 0.3) is 0 Å². The zero-order chi connectivity index (χ0) is 12.8. The number of hydrogen-bond acceptors (Lipinski definition) is 3. The topological polar surface area (TPSA) is 57.2 Å². The molecule has 0 aliphatic heterocycles. The van der Waals surface area contributed by atoms with E-state index in [9.17, 15) is 4.79 Å². The Labute approximate surface area is 95.7 Å². The second kappa shape index (κ2) is 6.02. The first kappa shape index (κ1) is 14.3. The molecule has 4 heteroatoms. The van der Waals surface area contributed by atoms with Gasteiger partial charge in [0, 0.05) is 5.97 Å². The van der Waals surface area contributed by atoms with Gasteiger partial charge < -0.3 is 9.90 Å². The fraction of sp³-hybridized carbons (Fsp3) is 0.333. The van der Waals surface area contributed by atoms with E-state index in [4.69, 9.17) is 9.90 Å². The molecule has 0 unspecified atom stereocenters. The van der Waals surface area contributed by atoms with Crippen LogP contribution in [0, 0.1) is 0 Å². The van der Waals surface area contributed by atoms with E-state index >= 15 is 0 Å². The number of amides is 1. The molecule has 88 valence electrons. The Kier molecular flexibility index (Phi) is 5.39. The molecule has 1 rings (SSSR count). The zero-order valence-corrected chi connectivity index (χ0v) is 10.1. The van der Waals surface area contributed by atoms with E-state index in [1.807, 2.05) is 51.5 Å². The first-order valence-electron chi connectivity index (χ1n) is 4.84. The van der Waals surface area contributed by atoms with Crippen LogP contribution < -0.4 is 5.11 Å². The molecule has 4 nitrogen and oxygen atoms in total. The van der Waals surface area contributed by atoms with Crippen molar-refractivity contribution in [2.24, 2.45) is 0 Å². The van der Waals surface area contributed by atoms with Crippen molar-refractivity contribution in [1.29, 1.82) is 0 Å². The second-order valence-electron chi connectivity index (χ2n) is 4.18. The molecule has 1 aromatic carbocycles. The van der Waals surface area contributed by atoms with Crippen molar-refractivity contribution in [2.75, 3.05) is 21.1 Å². The van der Waals surface area contributed by atoms with Crippen LogP contribution in [0.4, 0.5) is 0 Å². The SMILES string of the molecule is CC(=O)[O-].C[N+](C)(C)C(=O)c1ccccc1. The third-order valence-corrected chi connectivity index (χ3v) is 1.63. The minimum atomic E-state index is -1.08. The van der Waals surface area contributed by atoms with Crippen LogP contribution >= 0.6 is 0 Å². The average molecular weight is 223 g/mol. The summed E-state index contributed by atoms with van der Waals surface area (Å²) in [6.45, 7) is 0.972. The first-order chi connectivity index (χ1) is 7.25. The lowest BCUT2D eigenvalue weighted by molar-refractivity contribution is -0.785. The maximum Gasteiger partial charge on any atom is 0.345 e. The Bertz CT molecular complexity index is 348. The van der Waals surface area contributed by atoms with Gasteiger partial charge in [0.05, 0.1) is 26.7 Å². The van der Waals surface area contributed by atoms with E-state index in [0.717, 1.165) is 12.5 Å². The predicted molar refractivity (Wildman–Crippen MR) is 59.5 cm³/mol. The van der Waals surface area contributed by atoms with Crippen molar-refractivity contribution >= 4 is 11.9 Å². The molecular formula is C12H17NO3. The molecule has 1 aromatic rings. The summed E-state index contributed by atoms with van der Waals surface area (Å²) in [6, 6.07) is 9.34. The maximum atomic E-state index is 11.6. The molecule has 0 saturated carbocycles. The fourth-order valence-corrected chi connectivity index (χ4v) is 0.968. The van der Waals surface area contributed by atoms with Crippen LogP contribution in [-0.4, -0.2) is 37.5 Å². The number of benzene rings is 1. The van der Waals surface area contributed by atoms with Gasteiger partial charge in [0.25, 0.3) is 0 Å². The van der Waals surface area contributed by atoms with Gasteiger partial charge in [-0.05, 0) is 19.1 Å². The molecule has 0 aromatic heterocycles. The van der Waals surface area contributed by atoms with Gasteiger partial charge in [0.1, 0.15) is 0 Å². The molecule has 0 saturated heterocycles. The van der Waals surface area contributed by atoms with Crippen LogP contribution in [0.1, 0.15) is 17.3 Å². The van der Waals surface area contributed by atoms with E-state index < -0.39 is 5.97 Å². The Morgan fingerprint density at radius 3 is 1.75 bits per heavy atom. The van der Waals surface area contributed by atoms with Gasteiger partial charge in [-0.25, -0.2) is 4.79 Å². The van der Waals surface area contributed by atoms with Gasteiger partial charge in [-0.1, -0.05) is 18.2 Å². The van der Waals surface area contributed by atoms with Crippen molar-refractivity contribution in [3.05, 3.63) is 35.9 Å². The van der Waals surface area contributed by atoms with E-state index in [0.29, 0.717) is 4.48 Å². The highest BCUT2D eigenvalue weighted by molar-refractivity contribution is 5.88. The van der Waals surface area contributed by atoms with Crippen LogP contribution in [-0.2, 0) is 4.79 Å². The van der Waals surface area contributed by atoms with Crippen molar-refractivity contribution < 1.29 is 19.2 Å². The van der Waals surface area contributed by atoms with E-state index in [1.165, 1.54) is 0 Å². The Morgan fingerprint density at radius 2 is 1.44 bits per heavy atom. The summed E-state index contributed by atoms with van der Waals surface area (Å²) in [5.41, 5.74) is 0.769. The number of carboxylic acids is 1. The summed E-state index contributed by atoms with van der Waals surface area (Å²) in [4.78, 5) is 20.5. The number of hydrogen-bond donors (Lipinski definition) is 0. The van der Waals surface area contributed by atoms with Crippen molar-refractivity contribution in [1.82, 2.24) is 0 Å². The molecule has 0 radical (unpaired) electrons. The highest BCUT2D eigenvalue weighted by Crippen LogP contribution is 2.05. The molecule has 0 atom stereocenters. The third kappa shape index (κ3) is 5.93. The van der Waals surface area contributed by atoms with Crippen molar-refractivity contribution in [3.8, 4) is 0 Å². The second-order valence-corrected chi connectivity index (χ2v) is 4.18. The minimum absolute atomic E-state index is 0.135. The number of carbonyl (C=O) groups excluding carboxylic acids is 2. The van der Waals surface area contributed by atoms with Crippen molar-refractivity contribution in [2.45, 2.75) is 6.92 Å². The van der Waals surface area contributed by atoms with E-state index in [2.05, 4.69) is 0 Å². The summed E-state index contributed by atoms with van der Waals surface area (Å²) in [5, 5.41) is 8.89. The zero-order valence-electron chi connectivity index (χ0n) is 10.1. The third-order valence-electron chi connectivity index (χ3n) is 1.63. The number of aliphatic carboxylic acids is 1. The van der Waals surface area contributed by atoms with Gasteiger partial charge in [0.15, 0.2) is 0 Å². The smallest absolute Gasteiger partial charge is 0.345 e. The maximum absolute atomic E-state index is 11.6. The lowest BCUT2D eigenvalue weighted by Gasteiger charge is -2.20. The van der Waals surface area contributed by atoms with Gasteiger partial charge in [-0.15, -0.1) is 0 Å². The molecule has 0 aliphatic carbocycles. The molecule has 1 amide bonds. The highest BCUT2D eigenvalue weighted by atomic mass is 16.4.